The van der Waals surface area contributed by atoms with E-state index in [0.717, 1.165) is 32.1 Å². The zero-order valence-electron chi connectivity index (χ0n) is 24.0. The van der Waals surface area contributed by atoms with Gasteiger partial charge in [-0.3, -0.25) is 0 Å². The first-order valence-corrected chi connectivity index (χ1v) is 18.8. The average Bonchev–Trinajstić information content (AvgIpc) is 2.74. The molecule has 0 aromatic rings. The number of hydrogen-bond donors (Lipinski definition) is 0. The van der Waals surface area contributed by atoms with Gasteiger partial charge in [-0.2, -0.15) is 0 Å². The van der Waals surface area contributed by atoms with Crippen LogP contribution in [0.2, 0.25) is 29.2 Å². The highest BCUT2D eigenvalue weighted by atomic mass is 28.4. The lowest BCUT2D eigenvalue weighted by Crippen LogP contribution is -2.54. The second kappa shape index (κ2) is 10.5. The average molecular weight is 515 g/mol. The quantitative estimate of drug-likeness (QED) is 0.358. The Morgan fingerprint density at radius 1 is 0.941 bits per heavy atom. The SMILES string of the molecule is CC1CCC23CC[C@H](C)[C@H](CO[Si](C(C)C)(C(C)C)O[C@H](CO[Si](C)(C)C(C)(C)C)CC1O2)O3. The van der Waals surface area contributed by atoms with Crippen molar-refractivity contribution in [1.29, 1.82) is 0 Å². The highest BCUT2D eigenvalue weighted by Crippen LogP contribution is 2.46. The van der Waals surface area contributed by atoms with Crippen molar-refractivity contribution in [3.63, 3.8) is 0 Å². The van der Waals surface area contributed by atoms with Crippen LogP contribution in [0.5, 0.6) is 0 Å². The molecule has 3 fully saturated rings. The Morgan fingerprint density at radius 2 is 1.47 bits per heavy atom. The molecule has 0 amide bonds. The predicted octanol–water partition coefficient (Wildman–Crippen LogP) is 7.40. The number of rotatable bonds is 5. The Balaban J connectivity index is 1.96. The third kappa shape index (κ3) is 6.03. The first kappa shape index (κ1) is 28.8. The molecule has 3 aliphatic heterocycles. The van der Waals surface area contributed by atoms with Crippen LogP contribution in [0, 0.1) is 11.8 Å². The molecular weight excluding hydrogens is 460 g/mol. The van der Waals surface area contributed by atoms with Crippen LogP contribution < -0.4 is 0 Å². The van der Waals surface area contributed by atoms with Gasteiger partial charge in [-0.15, -0.1) is 0 Å². The fraction of sp³-hybridized carbons (Fsp3) is 1.00. The van der Waals surface area contributed by atoms with Crippen molar-refractivity contribution in [3.8, 4) is 0 Å². The summed E-state index contributed by atoms with van der Waals surface area (Å²) in [5.74, 6) is 0.505. The fourth-order valence-corrected chi connectivity index (χ4v) is 10.4. The highest BCUT2D eigenvalue weighted by Gasteiger charge is 2.52. The molecule has 0 radical (unpaired) electrons. The second-order valence-electron chi connectivity index (χ2n) is 13.6. The molecule has 3 bridgehead atoms. The van der Waals surface area contributed by atoms with Gasteiger partial charge in [-0.25, -0.2) is 0 Å². The Labute approximate surface area is 212 Å². The van der Waals surface area contributed by atoms with E-state index in [4.69, 9.17) is 22.8 Å². The molecule has 3 heterocycles. The van der Waals surface area contributed by atoms with Crippen LogP contribution in [0.25, 0.3) is 0 Å². The van der Waals surface area contributed by atoms with Crippen LogP contribution in [0.1, 0.15) is 94.4 Å². The topological polar surface area (TPSA) is 46.2 Å². The maximum Gasteiger partial charge on any atom is 0.343 e. The first-order chi connectivity index (χ1) is 15.6. The Morgan fingerprint density at radius 3 is 2.00 bits per heavy atom. The smallest absolute Gasteiger partial charge is 0.343 e. The summed E-state index contributed by atoms with van der Waals surface area (Å²) in [7, 11) is -4.46. The largest absolute Gasteiger partial charge is 0.414 e. The van der Waals surface area contributed by atoms with Gasteiger partial charge in [0.15, 0.2) is 14.1 Å². The van der Waals surface area contributed by atoms with Crippen molar-refractivity contribution in [3.05, 3.63) is 0 Å². The van der Waals surface area contributed by atoms with Gasteiger partial charge in [0.05, 0.1) is 31.5 Å². The van der Waals surface area contributed by atoms with Gasteiger partial charge < -0.3 is 22.8 Å². The predicted molar refractivity (Wildman–Crippen MR) is 144 cm³/mol. The summed E-state index contributed by atoms with van der Waals surface area (Å²) in [6.45, 7) is 26.5. The summed E-state index contributed by atoms with van der Waals surface area (Å²) in [4.78, 5) is 0. The highest BCUT2D eigenvalue weighted by molar-refractivity contribution is 6.74. The van der Waals surface area contributed by atoms with E-state index in [0.29, 0.717) is 36.1 Å². The zero-order chi connectivity index (χ0) is 25.5. The lowest BCUT2D eigenvalue weighted by Gasteiger charge is -2.49. The summed E-state index contributed by atoms with van der Waals surface area (Å²) in [5, 5.41) is 0.168. The molecule has 0 aliphatic carbocycles. The minimum atomic E-state index is -2.56. The van der Waals surface area contributed by atoms with Crippen molar-refractivity contribution in [2.45, 2.75) is 148 Å². The van der Waals surface area contributed by atoms with Crippen molar-refractivity contribution in [1.82, 2.24) is 0 Å². The van der Waals surface area contributed by atoms with E-state index < -0.39 is 22.7 Å². The molecule has 0 N–H and O–H groups in total. The molecule has 7 heteroatoms. The molecule has 200 valence electrons. The van der Waals surface area contributed by atoms with E-state index in [9.17, 15) is 0 Å². The van der Waals surface area contributed by atoms with Crippen molar-refractivity contribution in [2.24, 2.45) is 11.8 Å². The molecule has 0 aromatic carbocycles. The van der Waals surface area contributed by atoms with Crippen LogP contribution in [-0.2, 0) is 22.8 Å². The normalized spacial score (nSPS) is 37.5. The minimum absolute atomic E-state index is 0.0245. The minimum Gasteiger partial charge on any atom is -0.414 e. The molecule has 3 aliphatic rings. The first-order valence-electron chi connectivity index (χ1n) is 13.9. The van der Waals surface area contributed by atoms with Crippen LogP contribution in [0.15, 0.2) is 0 Å². The van der Waals surface area contributed by atoms with Gasteiger partial charge in [0.25, 0.3) is 0 Å². The van der Waals surface area contributed by atoms with Gasteiger partial charge in [-0.1, -0.05) is 62.3 Å². The molecule has 3 saturated heterocycles. The Kier molecular flexibility index (Phi) is 8.93. The number of hydrogen-bond acceptors (Lipinski definition) is 5. The molecule has 3 unspecified atom stereocenters. The Bertz CT molecular complexity index is 664. The maximum absolute atomic E-state index is 7.20. The third-order valence-electron chi connectivity index (χ3n) is 9.33. The molecule has 3 rings (SSSR count). The summed E-state index contributed by atoms with van der Waals surface area (Å²) in [6.07, 6.45) is 5.25. The standard InChI is InChI=1S/C27H54O5Si2/c1-19(2)34(20(3)4)29-18-25-22(6)13-15-27(31-25)14-12-21(5)24(30-27)16-23(32-34)17-28-33(10,11)26(7,8)9/h19-25H,12-18H2,1-11H3/t21?,22-,23-,24?,25-,27?/m0/s1. The van der Waals surface area contributed by atoms with E-state index in [2.05, 4.69) is 75.4 Å². The van der Waals surface area contributed by atoms with Crippen LogP contribution in [0.4, 0.5) is 0 Å². The Hall–Kier alpha value is 0.234. The molecule has 0 saturated carbocycles. The summed E-state index contributed by atoms with van der Waals surface area (Å²) < 4.78 is 34.5. The number of fused-ring (bicyclic) bond motifs is 2. The van der Waals surface area contributed by atoms with Gasteiger partial charge in [0, 0.05) is 19.3 Å². The van der Waals surface area contributed by atoms with Gasteiger partial charge in [0.2, 0.25) is 0 Å². The molecule has 34 heavy (non-hydrogen) atoms. The lowest BCUT2D eigenvalue weighted by atomic mass is 9.83. The molecule has 1 spiro atoms. The van der Waals surface area contributed by atoms with E-state index in [-0.39, 0.29) is 23.4 Å². The lowest BCUT2D eigenvalue weighted by molar-refractivity contribution is -0.334. The molecule has 0 aromatic heterocycles. The van der Waals surface area contributed by atoms with Crippen LogP contribution >= 0.6 is 0 Å². The summed E-state index contributed by atoms with van der Waals surface area (Å²) >= 11 is 0. The molecule has 6 atom stereocenters. The van der Waals surface area contributed by atoms with Gasteiger partial charge in [0.1, 0.15) is 0 Å². The maximum atomic E-state index is 7.20. The summed E-state index contributed by atoms with van der Waals surface area (Å²) in [5.41, 5.74) is 0.684. The number of ether oxygens (including phenoxy) is 2. The molecular formula is C27H54O5Si2. The second-order valence-corrected chi connectivity index (χ2v) is 22.7. The molecule has 5 nitrogen and oxygen atoms in total. The zero-order valence-corrected chi connectivity index (χ0v) is 26.0. The van der Waals surface area contributed by atoms with Crippen molar-refractivity contribution in [2.75, 3.05) is 13.2 Å². The van der Waals surface area contributed by atoms with E-state index in [1.165, 1.54) is 0 Å². The van der Waals surface area contributed by atoms with Crippen molar-refractivity contribution >= 4 is 16.9 Å². The van der Waals surface area contributed by atoms with Gasteiger partial charge >= 0.3 is 8.56 Å². The van der Waals surface area contributed by atoms with Gasteiger partial charge in [-0.05, 0) is 53.9 Å². The third-order valence-corrected chi connectivity index (χ3v) is 18.4. The van der Waals surface area contributed by atoms with E-state index in [1.807, 2.05) is 0 Å². The fourth-order valence-electron chi connectivity index (χ4n) is 5.62. The van der Waals surface area contributed by atoms with Crippen LogP contribution in [-0.4, -0.2) is 54.2 Å². The summed E-state index contributed by atoms with van der Waals surface area (Å²) in [6, 6.07) is 0. The van der Waals surface area contributed by atoms with E-state index in [1.54, 1.807) is 0 Å². The van der Waals surface area contributed by atoms with E-state index >= 15 is 0 Å². The monoisotopic (exact) mass is 514 g/mol. The van der Waals surface area contributed by atoms with Crippen molar-refractivity contribution < 1.29 is 22.8 Å². The van der Waals surface area contributed by atoms with Crippen LogP contribution in [0.3, 0.4) is 0 Å².